The van der Waals surface area contributed by atoms with Gasteiger partial charge < -0.3 is 5.32 Å². The van der Waals surface area contributed by atoms with Crippen LogP contribution in [0.1, 0.15) is 6.42 Å². The Bertz CT molecular complexity index is 429. The summed E-state index contributed by atoms with van der Waals surface area (Å²) < 4.78 is 14.5. The van der Waals surface area contributed by atoms with Gasteiger partial charge in [0.2, 0.25) is 5.95 Å². The molecule has 5 nitrogen and oxygen atoms in total. The average molecular weight is 221 g/mol. The van der Waals surface area contributed by atoms with Gasteiger partial charge in [-0.25, -0.2) is 9.97 Å². The molecule has 2 aromatic heterocycles. The molecule has 0 aliphatic heterocycles. The van der Waals surface area contributed by atoms with Gasteiger partial charge in [0.15, 0.2) is 0 Å². The largest absolute Gasteiger partial charge is 0.370 e. The molecule has 0 aliphatic carbocycles. The van der Waals surface area contributed by atoms with Crippen LogP contribution in [-0.4, -0.2) is 26.3 Å². The van der Waals surface area contributed by atoms with Crippen LogP contribution in [0.2, 0.25) is 0 Å². The van der Waals surface area contributed by atoms with Crippen molar-refractivity contribution in [3.63, 3.8) is 0 Å². The second kappa shape index (κ2) is 5.20. The monoisotopic (exact) mass is 221 g/mol. The zero-order valence-electron chi connectivity index (χ0n) is 8.67. The van der Waals surface area contributed by atoms with Crippen LogP contribution in [0.25, 0.3) is 0 Å². The lowest BCUT2D eigenvalue weighted by Gasteiger charge is -2.04. The van der Waals surface area contributed by atoms with Gasteiger partial charge in [-0.05, 0) is 12.5 Å². The quantitative estimate of drug-likeness (QED) is 0.611. The third kappa shape index (κ3) is 3.01. The van der Waals surface area contributed by atoms with Crippen molar-refractivity contribution in [1.82, 2.24) is 19.7 Å². The molecular formula is C10H12FN5. The van der Waals surface area contributed by atoms with Crippen LogP contribution >= 0.6 is 0 Å². The maximum atomic E-state index is 12.7. The zero-order chi connectivity index (χ0) is 11.2. The molecule has 0 bridgehead atoms. The van der Waals surface area contributed by atoms with Gasteiger partial charge in [0, 0.05) is 31.5 Å². The lowest BCUT2D eigenvalue weighted by molar-refractivity contribution is 0.577. The number of aryl methyl sites for hydroxylation is 1. The van der Waals surface area contributed by atoms with E-state index in [-0.39, 0.29) is 0 Å². The van der Waals surface area contributed by atoms with Gasteiger partial charge in [-0.3, -0.25) is 4.68 Å². The molecule has 0 amide bonds. The predicted octanol–water partition coefficient (Wildman–Crippen LogP) is 1.31. The van der Waals surface area contributed by atoms with Gasteiger partial charge >= 0.3 is 0 Å². The highest BCUT2D eigenvalue weighted by Gasteiger charge is 1.96. The lowest BCUT2D eigenvalue weighted by atomic mass is 10.4. The Kier molecular flexibility index (Phi) is 3.42. The second-order valence-electron chi connectivity index (χ2n) is 3.28. The number of anilines is 1. The molecule has 0 aromatic carbocycles. The molecule has 0 saturated heterocycles. The van der Waals surface area contributed by atoms with Crippen molar-refractivity contribution in [3.05, 3.63) is 36.8 Å². The third-order valence-corrected chi connectivity index (χ3v) is 2.06. The van der Waals surface area contributed by atoms with Crippen molar-refractivity contribution in [2.24, 2.45) is 0 Å². The van der Waals surface area contributed by atoms with Crippen molar-refractivity contribution >= 4 is 5.82 Å². The Morgan fingerprint density at radius 3 is 3.06 bits per heavy atom. The lowest BCUT2D eigenvalue weighted by Crippen LogP contribution is -2.08. The van der Waals surface area contributed by atoms with Crippen LogP contribution in [0.4, 0.5) is 10.2 Å². The number of hydrogen-bond donors (Lipinski definition) is 1. The Morgan fingerprint density at radius 1 is 1.38 bits per heavy atom. The van der Waals surface area contributed by atoms with Gasteiger partial charge in [-0.1, -0.05) is 0 Å². The Labute approximate surface area is 92.3 Å². The molecule has 0 spiro atoms. The van der Waals surface area contributed by atoms with E-state index in [1.807, 2.05) is 16.9 Å². The molecular weight excluding hydrogens is 209 g/mol. The normalized spacial score (nSPS) is 10.3. The highest BCUT2D eigenvalue weighted by molar-refractivity contribution is 5.31. The van der Waals surface area contributed by atoms with Gasteiger partial charge in [0.1, 0.15) is 12.1 Å². The molecule has 1 N–H and O–H groups in total. The van der Waals surface area contributed by atoms with Crippen LogP contribution < -0.4 is 5.32 Å². The van der Waals surface area contributed by atoms with Gasteiger partial charge in [-0.2, -0.15) is 9.49 Å². The van der Waals surface area contributed by atoms with E-state index in [0.29, 0.717) is 5.82 Å². The molecule has 0 atom stereocenters. The Morgan fingerprint density at radius 2 is 2.31 bits per heavy atom. The SMILES string of the molecule is Fc1cc(NCCCn2cccn2)ncn1. The summed E-state index contributed by atoms with van der Waals surface area (Å²) in [5.41, 5.74) is 0. The predicted molar refractivity (Wildman–Crippen MR) is 57.3 cm³/mol. The van der Waals surface area contributed by atoms with E-state index in [1.54, 1.807) is 6.20 Å². The van der Waals surface area contributed by atoms with E-state index in [0.717, 1.165) is 19.5 Å². The second-order valence-corrected chi connectivity index (χ2v) is 3.28. The molecule has 2 heterocycles. The fourth-order valence-electron chi connectivity index (χ4n) is 1.32. The topological polar surface area (TPSA) is 55.6 Å². The summed E-state index contributed by atoms with van der Waals surface area (Å²) in [6.07, 6.45) is 5.75. The molecule has 2 rings (SSSR count). The zero-order valence-corrected chi connectivity index (χ0v) is 8.67. The van der Waals surface area contributed by atoms with Crippen LogP contribution in [0.3, 0.4) is 0 Å². The molecule has 0 radical (unpaired) electrons. The highest BCUT2D eigenvalue weighted by Crippen LogP contribution is 2.02. The molecule has 84 valence electrons. The van der Waals surface area contributed by atoms with Crippen LogP contribution in [-0.2, 0) is 6.54 Å². The Balaban J connectivity index is 1.72. The molecule has 6 heteroatoms. The van der Waals surface area contributed by atoms with Gasteiger partial charge in [-0.15, -0.1) is 0 Å². The fourth-order valence-corrected chi connectivity index (χ4v) is 1.32. The van der Waals surface area contributed by atoms with Crippen LogP contribution in [0.15, 0.2) is 30.9 Å². The summed E-state index contributed by atoms with van der Waals surface area (Å²) in [5, 5.41) is 7.09. The van der Waals surface area contributed by atoms with Gasteiger partial charge in [0.25, 0.3) is 0 Å². The fraction of sp³-hybridized carbons (Fsp3) is 0.300. The first-order valence-electron chi connectivity index (χ1n) is 5.03. The van der Waals surface area contributed by atoms with E-state index >= 15 is 0 Å². The standard InChI is InChI=1S/C10H12FN5/c11-9-7-10(14-8-13-9)12-3-1-5-16-6-2-4-15-16/h2,4,6-8H,1,3,5H2,(H,12,13,14). The summed E-state index contributed by atoms with van der Waals surface area (Å²) in [4.78, 5) is 7.27. The average Bonchev–Trinajstić information content (AvgIpc) is 2.77. The molecule has 0 saturated carbocycles. The van der Waals surface area contributed by atoms with E-state index in [2.05, 4.69) is 20.4 Å². The van der Waals surface area contributed by atoms with E-state index in [9.17, 15) is 4.39 Å². The summed E-state index contributed by atoms with van der Waals surface area (Å²) in [7, 11) is 0. The number of nitrogens with zero attached hydrogens (tertiary/aromatic N) is 4. The maximum absolute atomic E-state index is 12.7. The van der Waals surface area contributed by atoms with Crippen molar-refractivity contribution < 1.29 is 4.39 Å². The number of rotatable bonds is 5. The minimum absolute atomic E-state index is 0.507. The molecule has 16 heavy (non-hydrogen) atoms. The van der Waals surface area contributed by atoms with Crippen molar-refractivity contribution in [2.45, 2.75) is 13.0 Å². The van der Waals surface area contributed by atoms with E-state index in [1.165, 1.54) is 12.4 Å². The molecule has 0 aliphatic rings. The van der Waals surface area contributed by atoms with Gasteiger partial charge in [0.05, 0.1) is 0 Å². The molecule has 0 fully saturated rings. The first-order valence-corrected chi connectivity index (χ1v) is 5.03. The summed E-state index contributed by atoms with van der Waals surface area (Å²) in [6.45, 7) is 1.55. The number of aromatic nitrogens is 4. The smallest absolute Gasteiger partial charge is 0.217 e. The number of halogens is 1. The van der Waals surface area contributed by atoms with Crippen LogP contribution in [0, 0.1) is 5.95 Å². The van der Waals surface area contributed by atoms with Crippen molar-refractivity contribution in [2.75, 3.05) is 11.9 Å². The first kappa shape index (κ1) is 10.5. The first-order chi connectivity index (χ1) is 7.84. The summed E-state index contributed by atoms with van der Waals surface area (Å²) in [6, 6.07) is 3.15. The molecule has 2 aromatic rings. The number of nitrogens with one attached hydrogen (secondary N) is 1. The molecule has 0 unspecified atom stereocenters. The van der Waals surface area contributed by atoms with Crippen molar-refractivity contribution in [3.8, 4) is 0 Å². The highest BCUT2D eigenvalue weighted by atomic mass is 19.1. The number of hydrogen-bond acceptors (Lipinski definition) is 4. The third-order valence-electron chi connectivity index (χ3n) is 2.06. The summed E-state index contributed by atoms with van der Waals surface area (Å²) >= 11 is 0. The van der Waals surface area contributed by atoms with E-state index < -0.39 is 5.95 Å². The van der Waals surface area contributed by atoms with Crippen molar-refractivity contribution in [1.29, 1.82) is 0 Å². The van der Waals surface area contributed by atoms with Crippen LogP contribution in [0.5, 0.6) is 0 Å². The minimum atomic E-state index is -0.524. The summed E-state index contributed by atoms with van der Waals surface area (Å²) in [5.74, 6) is -0.0162. The maximum Gasteiger partial charge on any atom is 0.217 e. The van der Waals surface area contributed by atoms with E-state index in [4.69, 9.17) is 0 Å². The Hall–Kier alpha value is -1.98. The minimum Gasteiger partial charge on any atom is -0.370 e.